The lowest BCUT2D eigenvalue weighted by Crippen LogP contribution is -1.90. The molecular weight excluding hydrogens is 308 g/mol. The standard InChI is InChI=1S/C11H9BrO4S/c1-15-7-4-6(12)5-3-8(11(13)14)17-10(5)9(7)16-2/h3-4H,1-2H3,(H,13,14). The Morgan fingerprint density at radius 2 is 2.06 bits per heavy atom. The Morgan fingerprint density at radius 3 is 2.59 bits per heavy atom. The molecule has 0 aliphatic heterocycles. The smallest absolute Gasteiger partial charge is 0.345 e. The van der Waals surface area contributed by atoms with Gasteiger partial charge in [0.15, 0.2) is 11.5 Å². The van der Waals surface area contributed by atoms with Crippen LogP contribution in [-0.2, 0) is 0 Å². The lowest BCUT2D eigenvalue weighted by molar-refractivity contribution is 0.0702. The van der Waals surface area contributed by atoms with Gasteiger partial charge in [-0.1, -0.05) is 0 Å². The van der Waals surface area contributed by atoms with Gasteiger partial charge in [0, 0.05) is 9.86 Å². The van der Waals surface area contributed by atoms with E-state index >= 15 is 0 Å². The zero-order valence-electron chi connectivity index (χ0n) is 9.11. The number of rotatable bonds is 3. The average molecular weight is 317 g/mol. The molecule has 1 N–H and O–H groups in total. The van der Waals surface area contributed by atoms with Gasteiger partial charge in [-0.3, -0.25) is 0 Å². The van der Waals surface area contributed by atoms with E-state index in [2.05, 4.69) is 15.9 Å². The minimum atomic E-state index is -0.945. The van der Waals surface area contributed by atoms with Crippen LogP contribution in [-0.4, -0.2) is 25.3 Å². The number of carboxylic acids is 1. The van der Waals surface area contributed by atoms with Crippen LogP contribution in [0.1, 0.15) is 9.67 Å². The molecular formula is C11H9BrO4S. The van der Waals surface area contributed by atoms with E-state index in [0.29, 0.717) is 11.5 Å². The largest absolute Gasteiger partial charge is 0.493 e. The molecule has 0 aliphatic rings. The van der Waals surface area contributed by atoms with Gasteiger partial charge in [0.05, 0.1) is 18.9 Å². The van der Waals surface area contributed by atoms with Crippen molar-refractivity contribution < 1.29 is 19.4 Å². The number of fused-ring (bicyclic) bond motifs is 1. The SMILES string of the molecule is COc1cc(Br)c2cc(C(=O)O)sc2c1OC. The van der Waals surface area contributed by atoms with E-state index in [9.17, 15) is 4.79 Å². The molecule has 4 nitrogen and oxygen atoms in total. The highest BCUT2D eigenvalue weighted by Crippen LogP contribution is 2.44. The van der Waals surface area contributed by atoms with Crippen molar-refractivity contribution in [2.24, 2.45) is 0 Å². The molecule has 0 aliphatic carbocycles. The highest BCUT2D eigenvalue weighted by Gasteiger charge is 2.18. The lowest BCUT2D eigenvalue weighted by atomic mass is 10.2. The van der Waals surface area contributed by atoms with E-state index in [1.165, 1.54) is 18.4 Å². The Labute approximate surface area is 110 Å². The number of hydrogen-bond donors (Lipinski definition) is 1. The summed E-state index contributed by atoms with van der Waals surface area (Å²) >= 11 is 4.56. The predicted octanol–water partition coefficient (Wildman–Crippen LogP) is 3.38. The fraction of sp³-hybridized carbons (Fsp3) is 0.182. The third kappa shape index (κ3) is 1.98. The summed E-state index contributed by atoms with van der Waals surface area (Å²) in [5, 5.41) is 9.80. The van der Waals surface area contributed by atoms with Crippen molar-refractivity contribution in [2.75, 3.05) is 14.2 Å². The molecule has 2 aromatic rings. The van der Waals surface area contributed by atoms with Gasteiger partial charge >= 0.3 is 5.97 Å². The Bertz CT molecular complexity index is 591. The summed E-state index contributed by atoms with van der Waals surface area (Å²) in [6, 6.07) is 3.38. The topological polar surface area (TPSA) is 55.8 Å². The first-order valence-electron chi connectivity index (χ1n) is 4.65. The highest BCUT2D eigenvalue weighted by molar-refractivity contribution is 9.10. The van der Waals surface area contributed by atoms with E-state index in [1.54, 1.807) is 19.2 Å². The Kier molecular flexibility index (Phi) is 3.26. The van der Waals surface area contributed by atoms with Crippen LogP contribution in [0.5, 0.6) is 11.5 Å². The van der Waals surface area contributed by atoms with Gasteiger partial charge in [0.25, 0.3) is 0 Å². The molecule has 0 unspecified atom stereocenters. The number of aromatic carboxylic acids is 1. The molecule has 6 heteroatoms. The molecule has 0 amide bonds. The molecule has 0 atom stereocenters. The highest BCUT2D eigenvalue weighted by atomic mass is 79.9. The number of thiophene rings is 1. The fourth-order valence-electron chi connectivity index (χ4n) is 1.56. The van der Waals surface area contributed by atoms with E-state index in [-0.39, 0.29) is 4.88 Å². The summed E-state index contributed by atoms with van der Waals surface area (Å²) in [6.07, 6.45) is 0. The van der Waals surface area contributed by atoms with Crippen molar-refractivity contribution in [3.63, 3.8) is 0 Å². The van der Waals surface area contributed by atoms with Gasteiger partial charge in [-0.05, 0) is 28.1 Å². The van der Waals surface area contributed by atoms with E-state index in [4.69, 9.17) is 14.6 Å². The molecule has 1 heterocycles. The van der Waals surface area contributed by atoms with Crippen LogP contribution in [0.3, 0.4) is 0 Å². The normalized spacial score (nSPS) is 10.5. The first kappa shape index (κ1) is 12.2. The Morgan fingerprint density at radius 1 is 1.35 bits per heavy atom. The molecule has 90 valence electrons. The minimum absolute atomic E-state index is 0.271. The molecule has 1 aromatic carbocycles. The van der Waals surface area contributed by atoms with Crippen molar-refractivity contribution in [1.29, 1.82) is 0 Å². The number of methoxy groups -OCH3 is 2. The molecule has 0 bridgehead atoms. The number of carbonyl (C=O) groups is 1. The van der Waals surface area contributed by atoms with Crippen molar-refractivity contribution >= 4 is 43.3 Å². The first-order valence-corrected chi connectivity index (χ1v) is 6.26. The van der Waals surface area contributed by atoms with Gasteiger partial charge in [-0.15, -0.1) is 11.3 Å². The van der Waals surface area contributed by atoms with Gasteiger partial charge < -0.3 is 14.6 Å². The van der Waals surface area contributed by atoms with Crippen LogP contribution < -0.4 is 9.47 Å². The minimum Gasteiger partial charge on any atom is -0.493 e. The van der Waals surface area contributed by atoms with Gasteiger partial charge in [0.1, 0.15) is 4.88 Å². The maximum Gasteiger partial charge on any atom is 0.345 e. The monoisotopic (exact) mass is 316 g/mol. The average Bonchev–Trinajstić information content (AvgIpc) is 2.74. The second-order valence-corrected chi connectivity index (χ2v) is 5.16. The third-order valence-electron chi connectivity index (χ3n) is 2.31. The Hall–Kier alpha value is -1.27. The second kappa shape index (κ2) is 4.54. The predicted molar refractivity (Wildman–Crippen MR) is 69.6 cm³/mol. The van der Waals surface area contributed by atoms with Crippen molar-refractivity contribution in [2.45, 2.75) is 0 Å². The number of carboxylic acid groups (broad SMARTS) is 1. The molecule has 1 aromatic heterocycles. The summed E-state index contributed by atoms with van der Waals surface area (Å²) in [7, 11) is 3.08. The summed E-state index contributed by atoms with van der Waals surface area (Å²) < 4.78 is 12.0. The van der Waals surface area contributed by atoms with Gasteiger partial charge in [0.2, 0.25) is 0 Å². The quantitative estimate of drug-likeness (QED) is 0.943. The second-order valence-electron chi connectivity index (χ2n) is 3.25. The fourth-order valence-corrected chi connectivity index (χ4v) is 3.25. The van der Waals surface area contributed by atoms with Crippen LogP contribution >= 0.6 is 27.3 Å². The van der Waals surface area contributed by atoms with E-state index < -0.39 is 5.97 Å². The maximum atomic E-state index is 11.0. The number of ether oxygens (including phenoxy) is 2. The van der Waals surface area contributed by atoms with Gasteiger partial charge in [-0.25, -0.2) is 4.79 Å². The summed E-state index contributed by atoms with van der Waals surface area (Å²) in [5.74, 6) is 0.188. The molecule has 0 fully saturated rings. The molecule has 2 rings (SSSR count). The van der Waals surface area contributed by atoms with Crippen molar-refractivity contribution in [1.82, 2.24) is 0 Å². The summed E-state index contributed by atoms with van der Waals surface area (Å²) in [4.78, 5) is 11.2. The number of halogens is 1. The van der Waals surface area contributed by atoms with Gasteiger partial charge in [-0.2, -0.15) is 0 Å². The summed E-state index contributed by atoms with van der Waals surface area (Å²) in [6.45, 7) is 0. The first-order chi connectivity index (χ1) is 8.08. The molecule has 0 saturated carbocycles. The molecule has 0 saturated heterocycles. The van der Waals surface area contributed by atoms with Crippen molar-refractivity contribution in [3.05, 3.63) is 21.5 Å². The molecule has 17 heavy (non-hydrogen) atoms. The van der Waals surface area contributed by atoms with Crippen LogP contribution in [0.4, 0.5) is 0 Å². The van der Waals surface area contributed by atoms with Crippen molar-refractivity contribution in [3.8, 4) is 11.5 Å². The van der Waals surface area contributed by atoms with E-state index in [1.807, 2.05) is 0 Å². The molecule has 0 radical (unpaired) electrons. The Balaban J connectivity index is 2.81. The van der Waals surface area contributed by atoms with Crippen LogP contribution in [0.2, 0.25) is 0 Å². The third-order valence-corrected chi connectivity index (χ3v) is 4.09. The van der Waals surface area contributed by atoms with Crippen LogP contribution in [0.15, 0.2) is 16.6 Å². The number of hydrogen-bond acceptors (Lipinski definition) is 4. The molecule has 0 spiro atoms. The summed E-state index contributed by atoms with van der Waals surface area (Å²) in [5.41, 5.74) is 0. The van der Waals surface area contributed by atoms with Crippen LogP contribution in [0.25, 0.3) is 10.1 Å². The zero-order chi connectivity index (χ0) is 12.6. The zero-order valence-corrected chi connectivity index (χ0v) is 11.5. The maximum absolute atomic E-state index is 11.0. The number of benzene rings is 1. The van der Waals surface area contributed by atoms with E-state index in [0.717, 1.165) is 14.6 Å². The lowest BCUT2D eigenvalue weighted by Gasteiger charge is -2.09. The van der Waals surface area contributed by atoms with Crippen LogP contribution in [0, 0.1) is 0 Å².